The Kier molecular flexibility index (Phi) is 12.8. The average Bonchev–Trinajstić information content (AvgIpc) is 2.75. The number of pyridine rings is 1. The molecule has 30 heavy (non-hydrogen) atoms. The van der Waals surface area contributed by atoms with E-state index in [1.165, 1.54) is 87.3 Å². The second kappa shape index (κ2) is 15.4. The van der Waals surface area contributed by atoms with E-state index in [0.29, 0.717) is 0 Å². The van der Waals surface area contributed by atoms with Crippen LogP contribution in [0.1, 0.15) is 94.7 Å². The number of hydrogen-bond donors (Lipinski definition) is 0. The summed E-state index contributed by atoms with van der Waals surface area (Å²) in [5.74, 6) is 0. The first-order chi connectivity index (χ1) is 14.7. The van der Waals surface area contributed by atoms with Crippen LogP contribution in [-0.2, 0) is 12.8 Å². The van der Waals surface area contributed by atoms with Crippen molar-refractivity contribution < 1.29 is 0 Å². The molecule has 1 aromatic heterocycles. The summed E-state index contributed by atoms with van der Waals surface area (Å²) in [5, 5.41) is 1.26. The molecular weight excluding hydrogens is 430 g/mol. The predicted molar refractivity (Wildman–Crippen MR) is 137 cm³/mol. The Morgan fingerprint density at radius 3 is 1.90 bits per heavy atom. The van der Waals surface area contributed by atoms with Crippen molar-refractivity contribution in [3.8, 4) is 0 Å². The van der Waals surface area contributed by atoms with E-state index in [1.54, 1.807) is 0 Å². The molecule has 0 bridgehead atoms. The second-order valence-corrected chi connectivity index (χ2v) is 9.39. The van der Waals surface area contributed by atoms with E-state index in [0.717, 1.165) is 35.7 Å². The molecule has 2 heteroatoms. The molecule has 0 aliphatic rings. The van der Waals surface area contributed by atoms with Gasteiger partial charge in [-0.25, -0.2) is 0 Å². The van der Waals surface area contributed by atoms with E-state index in [9.17, 15) is 0 Å². The lowest BCUT2D eigenvalue weighted by atomic mass is 9.98. The highest BCUT2D eigenvalue weighted by Crippen LogP contribution is 2.24. The van der Waals surface area contributed by atoms with Crippen LogP contribution < -0.4 is 0 Å². The number of allylic oxidation sites excluding steroid dienone is 2. The minimum atomic E-state index is 1.12. The molecule has 0 radical (unpaired) electrons. The maximum Gasteiger partial charge on any atom is 0.0706 e. The molecule has 1 aromatic carbocycles. The number of fused-ring (bicyclic) bond motifs is 1. The van der Waals surface area contributed by atoms with Crippen molar-refractivity contribution in [2.75, 3.05) is 0 Å². The third-order valence-corrected chi connectivity index (χ3v) is 6.36. The average molecular weight is 471 g/mol. The first-order valence-corrected chi connectivity index (χ1v) is 12.8. The molecule has 0 fully saturated rings. The third kappa shape index (κ3) is 9.60. The van der Waals surface area contributed by atoms with Gasteiger partial charge in [0.05, 0.1) is 5.52 Å². The minimum absolute atomic E-state index is 1.12. The molecule has 0 saturated heterocycles. The van der Waals surface area contributed by atoms with Crippen LogP contribution in [0.3, 0.4) is 0 Å². The molecule has 1 heterocycles. The predicted octanol–water partition coefficient (Wildman–Crippen LogP) is 9.53. The van der Waals surface area contributed by atoms with E-state index in [2.05, 4.69) is 53.4 Å². The summed E-state index contributed by atoms with van der Waals surface area (Å²) in [4.78, 5) is 5.07. The van der Waals surface area contributed by atoms with Crippen LogP contribution in [0.5, 0.6) is 0 Å². The molecular formula is C28H40BrN. The lowest BCUT2D eigenvalue weighted by Gasteiger charge is -2.12. The highest BCUT2D eigenvalue weighted by Gasteiger charge is 2.08. The summed E-state index contributed by atoms with van der Waals surface area (Å²) >= 11 is 3.61. The van der Waals surface area contributed by atoms with E-state index < -0.39 is 0 Å². The van der Waals surface area contributed by atoms with Crippen LogP contribution in [0.15, 0.2) is 54.0 Å². The fourth-order valence-corrected chi connectivity index (χ4v) is 4.47. The Balaban J connectivity index is 1.87. The van der Waals surface area contributed by atoms with Gasteiger partial charge in [-0.3, -0.25) is 4.98 Å². The molecule has 2 aromatic rings. The van der Waals surface area contributed by atoms with Gasteiger partial charge in [-0.2, -0.15) is 0 Å². The van der Waals surface area contributed by atoms with Crippen molar-refractivity contribution >= 4 is 26.8 Å². The van der Waals surface area contributed by atoms with E-state index in [1.807, 2.05) is 12.2 Å². The SMILES string of the molecule is C=CCCCCCCCCc1nc2ccc(Br)cc2cc1CCCCCCCC=C. The van der Waals surface area contributed by atoms with Crippen LogP contribution in [0.2, 0.25) is 0 Å². The lowest BCUT2D eigenvalue weighted by molar-refractivity contribution is 0.591. The highest BCUT2D eigenvalue weighted by atomic mass is 79.9. The quantitative estimate of drug-likeness (QED) is 0.166. The molecule has 0 N–H and O–H groups in total. The standard InChI is InChI=1S/C28H40BrN/c1-3-5-7-9-11-13-15-17-19-27-24(18-16-14-12-10-8-6-4-2)22-25-23-26(29)20-21-28(25)30-27/h3-4,20-23H,1-2,5-19H2. The number of aryl methyl sites for hydroxylation is 2. The fraction of sp³-hybridized carbons (Fsp3) is 0.536. The van der Waals surface area contributed by atoms with E-state index in [4.69, 9.17) is 4.98 Å². The van der Waals surface area contributed by atoms with Gasteiger partial charge in [0.1, 0.15) is 0 Å². The summed E-state index contributed by atoms with van der Waals surface area (Å²) in [7, 11) is 0. The molecule has 0 spiro atoms. The first-order valence-electron chi connectivity index (χ1n) is 12.0. The summed E-state index contributed by atoms with van der Waals surface area (Å²) in [6.45, 7) is 7.62. The van der Waals surface area contributed by atoms with E-state index in [-0.39, 0.29) is 0 Å². The zero-order chi connectivity index (χ0) is 21.4. The van der Waals surface area contributed by atoms with Crippen LogP contribution in [0.25, 0.3) is 10.9 Å². The number of nitrogens with zero attached hydrogens (tertiary/aromatic N) is 1. The number of aromatic nitrogens is 1. The number of halogens is 1. The fourth-order valence-electron chi connectivity index (χ4n) is 4.09. The highest BCUT2D eigenvalue weighted by molar-refractivity contribution is 9.10. The van der Waals surface area contributed by atoms with Crippen molar-refractivity contribution in [2.24, 2.45) is 0 Å². The smallest absolute Gasteiger partial charge is 0.0706 e. The number of hydrogen-bond acceptors (Lipinski definition) is 1. The van der Waals surface area contributed by atoms with Gasteiger partial charge < -0.3 is 0 Å². The largest absolute Gasteiger partial charge is 0.253 e. The van der Waals surface area contributed by atoms with Gasteiger partial charge in [-0.05, 0) is 81.2 Å². The van der Waals surface area contributed by atoms with Gasteiger partial charge in [0, 0.05) is 15.6 Å². The van der Waals surface area contributed by atoms with Gasteiger partial charge in [-0.15, -0.1) is 13.2 Å². The molecule has 0 unspecified atom stereocenters. The number of rotatable bonds is 17. The molecule has 0 atom stereocenters. The van der Waals surface area contributed by atoms with Crippen molar-refractivity contribution in [2.45, 2.75) is 96.3 Å². The van der Waals surface area contributed by atoms with Gasteiger partial charge in [-0.1, -0.05) is 73.0 Å². The Bertz CT molecular complexity index is 765. The van der Waals surface area contributed by atoms with Gasteiger partial charge >= 0.3 is 0 Å². The Morgan fingerprint density at radius 1 is 0.700 bits per heavy atom. The van der Waals surface area contributed by atoms with Crippen molar-refractivity contribution in [1.82, 2.24) is 4.98 Å². The van der Waals surface area contributed by atoms with Gasteiger partial charge in [0.2, 0.25) is 0 Å². The Labute approximate surface area is 193 Å². The molecule has 2 rings (SSSR count). The topological polar surface area (TPSA) is 12.9 Å². The van der Waals surface area contributed by atoms with Gasteiger partial charge in [0.25, 0.3) is 0 Å². The molecule has 0 aliphatic heterocycles. The van der Waals surface area contributed by atoms with Gasteiger partial charge in [0.15, 0.2) is 0 Å². The van der Waals surface area contributed by atoms with Crippen LogP contribution in [0, 0.1) is 0 Å². The first kappa shape index (κ1) is 24.9. The van der Waals surface area contributed by atoms with Crippen LogP contribution in [0.4, 0.5) is 0 Å². The molecule has 0 saturated carbocycles. The normalized spacial score (nSPS) is 11.1. The molecule has 0 amide bonds. The zero-order valence-electron chi connectivity index (χ0n) is 18.8. The summed E-state index contributed by atoms with van der Waals surface area (Å²) in [5.41, 5.74) is 3.94. The minimum Gasteiger partial charge on any atom is -0.253 e. The summed E-state index contributed by atoms with van der Waals surface area (Å²) in [6.07, 6.45) is 23.1. The summed E-state index contributed by atoms with van der Waals surface area (Å²) < 4.78 is 1.13. The summed E-state index contributed by atoms with van der Waals surface area (Å²) in [6, 6.07) is 8.85. The lowest BCUT2D eigenvalue weighted by Crippen LogP contribution is -2.00. The van der Waals surface area contributed by atoms with Crippen molar-refractivity contribution in [3.05, 3.63) is 65.3 Å². The molecule has 1 nitrogen and oxygen atoms in total. The van der Waals surface area contributed by atoms with E-state index >= 15 is 0 Å². The van der Waals surface area contributed by atoms with Crippen LogP contribution in [-0.4, -0.2) is 4.98 Å². The molecule has 164 valence electrons. The van der Waals surface area contributed by atoms with Crippen molar-refractivity contribution in [3.63, 3.8) is 0 Å². The monoisotopic (exact) mass is 469 g/mol. The third-order valence-electron chi connectivity index (χ3n) is 5.87. The van der Waals surface area contributed by atoms with Crippen LogP contribution >= 0.6 is 15.9 Å². The Morgan fingerprint density at radius 2 is 1.27 bits per heavy atom. The maximum absolute atomic E-state index is 5.07. The number of benzene rings is 1. The molecule has 0 aliphatic carbocycles. The Hall–Kier alpha value is -1.41. The zero-order valence-corrected chi connectivity index (χ0v) is 20.4. The van der Waals surface area contributed by atoms with Crippen molar-refractivity contribution in [1.29, 1.82) is 0 Å². The number of unbranched alkanes of at least 4 members (excludes halogenated alkanes) is 11. The second-order valence-electron chi connectivity index (χ2n) is 8.47. The maximum atomic E-state index is 5.07.